The second-order valence-electron chi connectivity index (χ2n) is 5.28. The van der Waals surface area contributed by atoms with Crippen molar-refractivity contribution in [1.82, 2.24) is 15.1 Å². The summed E-state index contributed by atoms with van der Waals surface area (Å²) in [5.74, 6) is -0.132. The van der Waals surface area contributed by atoms with E-state index in [9.17, 15) is 4.79 Å². The predicted octanol–water partition coefficient (Wildman–Crippen LogP) is 4.26. The zero-order chi connectivity index (χ0) is 16.9. The van der Waals surface area contributed by atoms with Crippen LogP contribution in [0.1, 0.15) is 15.9 Å². The van der Waals surface area contributed by atoms with Crippen LogP contribution in [0.2, 0.25) is 5.02 Å². The first kappa shape index (κ1) is 16.7. The van der Waals surface area contributed by atoms with Gasteiger partial charge in [0.15, 0.2) is 0 Å². The fourth-order valence-corrected chi connectivity index (χ4v) is 2.64. The summed E-state index contributed by atoms with van der Waals surface area (Å²) in [6, 6.07) is 15.3. The number of benzene rings is 2. The molecule has 0 bridgehead atoms. The highest BCUT2D eigenvalue weighted by Crippen LogP contribution is 2.14. The zero-order valence-corrected chi connectivity index (χ0v) is 15.1. The molecule has 0 atom stereocenters. The molecular weight excluding hydrogens is 390 g/mol. The highest BCUT2D eigenvalue weighted by Gasteiger charge is 2.09. The number of carbonyl (C=O) groups excluding carboxylic acids is 1. The fraction of sp³-hybridized carbons (Fsp3) is 0.111. The van der Waals surface area contributed by atoms with Gasteiger partial charge in [0, 0.05) is 22.2 Å². The number of carbonyl (C=O) groups is 1. The third-order valence-corrected chi connectivity index (χ3v) is 4.33. The average Bonchev–Trinajstić information content (AvgIpc) is 3.07. The average molecular weight is 405 g/mol. The van der Waals surface area contributed by atoms with E-state index in [-0.39, 0.29) is 5.91 Å². The van der Waals surface area contributed by atoms with Gasteiger partial charge in [-0.05, 0) is 48.4 Å². The van der Waals surface area contributed by atoms with E-state index in [0.717, 1.165) is 22.1 Å². The van der Waals surface area contributed by atoms with Gasteiger partial charge in [0.05, 0.1) is 17.4 Å². The van der Waals surface area contributed by atoms with Crippen molar-refractivity contribution in [3.63, 3.8) is 0 Å². The van der Waals surface area contributed by atoms with Crippen LogP contribution in [0.5, 0.6) is 0 Å². The van der Waals surface area contributed by atoms with E-state index in [1.807, 2.05) is 48.5 Å². The molecular formula is C18H15BrClN3O. The van der Waals surface area contributed by atoms with Crippen LogP contribution in [-0.2, 0) is 6.42 Å². The molecule has 0 radical (unpaired) electrons. The second-order valence-corrected chi connectivity index (χ2v) is 6.63. The Hall–Kier alpha value is -2.11. The fourth-order valence-electron chi connectivity index (χ4n) is 2.25. The minimum absolute atomic E-state index is 0.132. The summed E-state index contributed by atoms with van der Waals surface area (Å²) in [6.45, 7) is 0.559. The number of halogens is 2. The summed E-state index contributed by atoms with van der Waals surface area (Å²) in [6.07, 6.45) is 4.05. The Kier molecular flexibility index (Phi) is 5.33. The topological polar surface area (TPSA) is 46.9 Å². The first-order valence-electron chi connectivity index (χ1n) is 7.45. The number of aromatic nitrogens is 2. The van der Waals surface area contributed by atoms with Crippen LogP contribution in [0.25, 0.3) is 5.69 Å². The molecule has 0 fully saturated rings. The van der Waals surface area contributed by atoms with E-state index in [1.54, 1.807) is 17.1 Å². The van der Waals surface area contributed by atoms with Crippen molar-refractivity contribution in [2.45, 2.75) is 6.42 Å². The lowest BCUT2D eigenvalue weighted by atomic mass is 10.1. The maximum absolute atomic E-state index is 12.2. The summed E-state index contributed by atoms with van der Waals surface area (Å²) in [4.78, 5) is 12.2. The Morgan fingerprint density at radius 1 is 1.12 bits per heavy atom. The molecule has 0 saturated heterocycles. The minimum atomic E-state index is -0.132. The summed E-state index contributed by atoms with van der Waals surface area (Å²) in [7, 11) is 0. The quantitative estimate of drug-likeness (QED) is 0.690. The predicted molar refractivity (Wildman–Crippen MR) is 98.8 cm³/mol. The Bertz CT molecular complexity index is 828. The van der Waals surface area contributed by atoms with Crippen molar-refractivity contribution < 1.29 is 4.79 Å². The van der Waals surface area contributed by atoms with Crippen LogP contribution in [-0.4, -0.2) is 22.2 Å². The second kappa shape index (κ2) is 7.64. The van der Waals surface area contributed by atoms with Gasteiger partial charge >= 0.3 is 0 Å². The smallest absolute Gasteiger partial charge is 0.254 e. The van der Waals surface area contributed by atoms with Crippen LogP contribution < -0.4 is 5.32 Å². The summed E-state index contributed by atoms with van der Waals surface area (Å²) < 4.78 is 2.68. The highest BCUT2D eigenvalue weighted by molar-refractivity contribution is 9.10. The Balaban J connectivity index is 1.57. The van der Waals surface area contributed by atoms with E-state index in [0.29, 0.717) is 17.1 Å². The van der Waals surface area contributed by atoms with Crippen LogP contribution in [0, 0.1) is 0 Å². The van der Waals surface area contributed by atoms with Crippen LogP contribution >= 0.6 is 27.5 Å². The van der Waals surface area contributed by atoms with Gasteiger partial charge in [-0.25, -0.2) is 4.68 Å². The molecule has 1 heterocycles. The number of rotatable bonds is 5. The first-order chi connectivity index (χ1) is 11.6. The molecule has 3 aromatic rings. The molecule has 4 nitrogen and oxygen atoms in total. The number of amides is 1. The molecule has 122 valence electrons. The Morgan fingerprint density at radius 2 is 1.83 bits per heavy atom. The van der Waals surface area contributed by atoms with Crippen molar-refractivity contribution in [3.8, 4) is 5.69 Å². The molecule has 0 saturated carbocycles. The third kappa shape index (κ3) is 4.24. The number of hydrogen-bond acceptors (Lipinski definition) is 2. The van der Waals surface area contributed by atoms with E-state index in [1.165, 1.54) is 0 Å². The maximum atomic E-state index is 12.2. The molecule has 0 aliphatic rings. The van der Waals surface area contributed by atoms with Crippen molar-refractivity contribution >= 4 is 33.4 Å². The van der Waals surface area contributed by atoms with E-state index < -0.39 is 0 Å². The van der Waals surface area contributed by atoms with Crippen molar-refractivity contribution in [3.05, 3.63) is 81.5 Å². The molecule has 1 N–H and O–H groups in total. The molecule has 0 aliphatic carbocycles. The van der Waals surface area contributed by atoms with Crippen LogP contribution in [0.15, 0.2) is 65.4 Å². The number of nitrogens with one attached hydrogen (secondary N) is 1. The maximum Gasteiger partial charge on any atom is 0.254 e. The highest BCUT2D eigenvalue weighted by atomic mass is 79.9. The lowest BCUT2D eigenvalue weighted by Gasteiger charge is -2.04. The van der Waals surface area contributed by atoms with Crippen LogP contribution in [0.4, 0.5) is 0 Å². The SMILES string of the molecule is O=C(NCCc1ccc(Cl)cc1)c1cnn(-c2ccc(Br)cc2)c1. The summed E-state index contributed by atoms with van der Waals surface area (Å²) >= 11 is 9.25. The van der Waals surface area contributed by atoms with Gasteiger partial charge in [0.2, 0.25) is 0 Å². The van der Waals surface area contributed by atoms with Crippen molar-refractivity contribution in [2.24, 2.45) is 0 Å². The summed E-state index contributed by atoms with van der Waals surface area (Å²) in [5, 5.41) is 7.85. The van der Waals surface area contributed by atoms with Gasteiger partial charge in [-0.3, -0.25) is 4.79 Å². The number of nitrogens with zero attached hydrogens (tertiary/aromatic N) is 2. The zero-order valence-electron chi connectivity index (χ0n) is 12.7. The van der Waals surface area contributed by atoms with E-state index >= 15 is 0 Å². The van der Waals surface area contributed by atoms with Gasteiger partial charge in [-0.15, -0.1) is 0 Å². The number of hydrogen-bond donors (Lipinski definition) is 1. The molecule has 0 aliphatic heterocycles. The third-order valence-electron chi connectivity index (χ3n) is 3.55. The van der Waals surface area contributed by atoms with Gasteiger partial charge < -0.3 is 5.32 Å². The molecule has 2 aromatic carbocycles. The summed E-state index contributed by atoms with van der Waals surface area (Å²) in [5.41, 5.74) is 2.57. The van der Waals surface area contributed by atoms with Crippen molar-refractivity contribution in [2.75, 3.05) is 6.54 Å². The molecule has 0 unspecified atom stereocenters. The van der Waals surface area contributed by atoms with E-state index in [2.05, 4.69) is 26.3 Å². The molecule has 6 heteroatoms. The Labute approximate surface area is 153 Å². The normalized spacial score (nSPS) is 10.6. The molecule has 0 spiro atoms. The minimum Gasteiger partial charge on any atom is -0.352 e. The standard InChI is InChI=1S/C18H15BrClN3O/c19-15-3-7-17(8-4-15)23-12-14(11-22-23)18(24)21-10-9-13-1-5-16(20)6-2-13/h1-8,11-12H,9-10H2,(H,21,24). The Morgan fingerprint density at radius 3 is 2.54 bits per heavy atom. The van der Waals surface area contributed by atoms with Crippen LogP contribution in [0.3, 0.4) is 0 Å². The van der Waals surface area contributed by atoms with E-state index in [4.69, 9.17) is 11.6 Å². The van der Waals surface area contributed by atoms with Gasteiger partial charge in [0.1, 0.15) is 0 Å². The van der Waals surface area contributed by atoms with Gasteiger partial charge in [0.25, 0.3) is 5.91 Å². The van der Waals surface area contributed by atoms with Gasteiger partial charge in [-0.2, -0.15) is 5.10 Å². The van der Waals surface area contributed by atoms with Gasteiger partial charge in [-0.1, -0.05) is 39.7 Å². The largest absolute Gasteiger partial charge is 0.352 e. The molecule has 1 amide bonds. The first-order valence-corrected chi connectivity index (χ1v) is 8.62. The molecule has 24 heavy (non-hydrogen) atoms. The monoisotopic (exact) mass is 403 g/mol. The lowest BCUT2D eigenvalue weighted by molar-refractivity contribution is 0.0954. The lowest BCUT2D eigenvalue weighted by Crippen LogP contribution is -2.25. The molecule has 1 aromatic heterocycles. The van der Waals surface area contributed by atoms with Crippen molar-refractivity contribution in [1.29, 1.82) is 0 Å². The molecule has 3 rings (SSSR count).